The Kier molecular flexibility index (Phi) is 5.96. The molecule has 0 fully saturated rings. The van der Waals surface area contributed by atoms with E-state index in [0.29, 0.717) is 13.0 Å². The van der Waals surface area contributed by atoms with E-state index < -0.39 is 0 Å². The van der Waals surface area contributed by atoms with Crippen LogP contribution in [-0.4, -0.2) is 24.5 Å². The van der Waals surface area contributed by atoms with Gasteiger partial charge in [0.15, 0.2) is 0 Å². The van der Waals surface area contributed by atoms with E-state index in [4.69, 9.17) is 4.74 Å². The highest BCUT2D eigenvalue weighted by atomic mass is 32.1. The topological polar surface area (TPSA) is 51.2 Å². The molecule has 1 aromatic heterocycles. The third kappa shape index (κ3) is 4.89. The first-order valence-corrected chi connectivity index (χ1v) is 9.12. The summed E-state index contributed by atoms with van der Waals surface area (Å²) in [6, 6.07) is 14.1. The van der Waals surface area contributed by atoms with Crippen LogP contribution in [0, 0.1) is 5.82 Å². The largest absolute Gasteiger partial charge is 0.497 e. The molecule has 6 heteroatoms. The summed E-state index contributed by atoms with van der Waals surface area (Å²) >= 11 is 1.51. The lowest BCUT2D eigenvalue weighted by Gasteiger charge is -2.04. The Morgan fingerprint density at radius 1 is 1.23 bits per heavy atom. The van der Waals surface area contributed by atoms with E-state index in [9.17, 15) is 9.18 Å². The molecule has 0 aliphatic rings. The third-order valence-corrected chi connectivity index (χ3v) is 4.80. The number of carbonyl (C=O) groups is 1. The average molecular weight is 370 g/mol. The lowest BCUT2D eigenvalue weighted by Crippen LogP contribution is -2.27. The summed E-state index contributed by atoms with van der Waals surface area (Å²) in [6.07, 6.45) is 0.827. The number of hydrogen-bond donors (Lipinski definition) is 1. The fraction of sp³-hybridized carbons (Fsp3) is 0.200. The van der Waals surface area contributed by atoms with E-state index in [1.165, 1.54) is 23.5 Å². The number of nitrogens with one attached hydrogen (secondary N) is 1. The second kappa shape index (κ2) is 8.58. The maximum Gasteiger partial charge on any atom is 0.226 e. The fourth-order valence-electron chi connectivity index (χ4n) is 2.52. The molecule has 26 heavy (non-hydrogen) atoms. The second-order valence-electron chi connectivity index (χ2n) is 5.78. The molecule has 0 unspecified atom stereocenters. The quantitative estimate of drug-likeness (QED) is 0.687. The van der Waals surface area contributed by atoms with Gasteiger partial charge in [-0.3, -0.25) is 4.79 Å². The van der Waals surface area contributed by atoms with Gasteiger partial charge in [0.1, 0.15) is 16.6 Å². The summed E-state index contributed by atoms with van der Waals surface area (Å²) in [5, 5.41) is 5.62. The monoisotopic (exact) mass is 370 g/mol. The van der Waals surface area contributed by atoms with Crippen LogP contribution in [0.2, 0.25) is 0 Å². The van der Waals surface area contributed by atoms with Crippen LogP contribution in [0.3, 0.4) is 0 Å². The molecular weight excluding hydrogens is 351 g/mol. The zero-order chi connectivity index (χ0) is 18.4. The molecule has 3 rings (SSSR count). The van der Waals surface area contributed by atoms with Gasteiger partial charge in [-0.2, -0.15) is 0 Å². The molecule has 1 N–H and O–H groups in total. The van der Waals surface area contributed by atoms with Crippen LogP contribution in [0.1, 0.15) is 11.3 Å². The molecule has 0 saturated heterocycles. The highest BCUT2D eigenvalue weighted by Crippen LogP contribution is 2.25. The number of amides is 1. The molecule has 0 aliphatic carbocycles. The van der Waals surface area contributed by atoms with E-state index in [0.717, 1.165) is 27.6 Å². The van der Waals surface area contributed by atoms with E-state index in [1.54, 1.807) is 13.2 Å². The lowest BCUT2D eigenvalue weighted by atomic mass is 10.1. The maximum absolute atomic E-state index is 13.1. The number of ether oxygens (including phenoxy) is 1. The van der Waals surface area contributed by atoms with Crippen LogP contribution in [0.25, 0.3) is 10.6 Å². The molecule has 3 aromatic rings. The van der Waals surface area contributed by atoms with Gasteiger partial charge in [-0.1, -0.05) is 12.1 Å². The van der Waals surface area contributed by atoms with Gasteiger partial charge in [0.2, 0.25) is 5.91 Å². The molecule has 4 nitrogen and oxygen atoms in total. The van der Waals surface area contributed by atoms with Crippen LogP contribution in [0.4, 0.5) is 4.39 Å². The van der Waals surface area contributed by atoms with Gasteiger partial charge in [-0.05, 0) is 48.4 Å². The summed E-state index contributed by atoms with van der Waals surface area (Å²) in [7, 11) is 1.63. The lowest BCUT2D eigenvalue weighted by molar-refractivity contribution is -0.120. The van der Waals surface area contributed by atoms with Gasteiger partial charge >= 0.3 is 0 Å². The molecule has 0 bridgehead atoms. The molecule has 0 saturated carbocycles. The van der Waals surface area contributed by atoms with Crippen molar-refractivity contribution in [3.05, 3.63) is 71.0 Å². The second-order valence-corrected chi connectivity index (χ2v) is 6.64. The molecule has 1 heterocycles. The van der Waals surface area contributed by atoms with Crippen molar-refractivity contribution < 1.29 is 13.9 Å². The van der Waals surface area contributed by atoms with Gasteiger partial charge < -0.3 is 10.1 Å². The van der Waals surface area contributed by atoms with Gasteiger partial charge in [0, 0.05) is 17.5 Å². The van der Waals surface area contributed by atoms with Gasteiger partial charge in [-0.25, -0.2) is 9.37 Å². The molecule has 0 radical (unpaired) electrons. The Labute approximate surface area is 155 Å². The first-order valence-electron chi connectivity index (χ1n) is 8.24. The summed E-state index contributed by atoms with van der Waals surface area (Å²) in [4.78, 5) is 16.6. The van der Waals surface area contributed by atoms with Crippen LogP contribution >= 0.6 is 11.3 Å². The van der Waals surface area contributed by atoms with Crippen molar-refractivity contribution in [3.63, 3.8) is 0 Å². The van der Waals surface area contributed by atoms with Gasteiger partial charge in [0.25, 0.3) is 0 Å². The predicted octanol–water partition coefficient (Wildman–Crippen LogP) is 3.86. The molecular formula is C20H19FN2O2S. The number of carbonyl (C=O) groups excluding carboxylic acids is 1. The summed E-state index contributed by atoms with van der Waals surface area (Å²) < 4.78 is 18.3. The SMILES string of the molecule is COc1ccc(-c2nc(CC(=O)NCCc3cccc(F)c3)cs2)cc1. The number of benzene rings is 2. The number of thiazole rings is 1. The summed E-state index contributed by atoms with van der Waals surface area (Å²) in [5.41, 5.74) is 2.60. The van der Waals surface area contributed by atoms with Crippen LogP contribution < -0.4 is 10.1 Å². The van der Waals surface area contributed by atoms with Crippen molar-refractivity contribution in [2.45, 2.75) is 12.8 Å². The van der Waals surface area contributed by atoms with E-state index in [-0.39, 0.29) is 18.1 Å². The van der Waals surface area contributed by atoms with Crippen molar-refractivity contribution >= 4 is 17.2 Å². The van der Waals surface area contributed by atoms with Crippen molar-refractivity contribution in [3.8, 4) is 16.3 Å². The van der Waals surface area contributed by atoms with Crippen molar-refractivity contribution in [2.24, 2.45) is 0 Å². The van der Waals surface area contributed by atoms with Crippen molar-refractivity contribution in [2.75, 3.05) is 13.7 Å². The number of halogens is 1. The molecule has 0 aliphatic heterocycles. The average Bonchev–Trinajstić information content (AvgIpc) is 3.10. The molecule has 0 spiro atoms. The highest BCUT2D eigenvalue weighted by molar-refractivity contribution is 7.13. The third-order valence-electron chi connectivity index (χ3n) is 3.86. The number of nitrogens with zero attached hydrogens (tertiary/aromatic N) is 1. The maximum atomic E-state index is 13.1. The van der Waals surface area contributed by atoms with Gasteiger partial charge in [-0.15, -0.1) is 11.3 Å². The minimum Gasteiger partial charge on any atom is -0.497 e. The molecule has 0 atom stereocenters. The number of hydrogen-bond acceptors (Lipinski definition) is 4. The molecule has 1 amide bonds. The zero-order valence-corrected chi connectivity index (χ0v) is 15.2. The van der Waals surface area contributed by atoms with Crippen LogP contribution in [0.5, 0.6) is 5.75 Å². The zero-order valence-electron chi connectivity index (χ0n) is 14.4. The van der Waals surface area contributed by atoms with E-state index in [2.05, 4.69) is 10.3 Å². The Hall–Kier alpha value is -2.73. The Morgan fingerprint density at radius 2 is 2.04 bits per heavy atom. The Bertz CT molecular complexity index is 878. The van der Waals surface area contributed by atoms with Crippen LogP contribution in [-0.2, 0) is 17.6 Å². The van der Waals surface area contributed by atoms with E-state index in [1.807, 2.05) is 35.7 Å². The minimum atomic E-state index is -0.262. The fourth-order valence-corrected chi connectivity index (χ4v) is 3.35. The van der Waals surface area contributed by atoms with Crippen LogP contribution in [0.15, 0.2) is 53.9 Å². The number of rotatable bonds is 7. The van der Waals surface area contributed by atoms with E-state index >= 15 is 0 Å². The summed E-state index contributed by atoms with van der Waals surface area (Å²) in [6.45, 7) is 0.470. The minimum absolute atomic E-state index is 0.0898. The van der Waals surface area contributed by atoms with Gasteiger partial charge in [0.05, 0.1) is 19.2 Å². The standard InChI is InChI=1S/C20H19FN2O2S/c1-25-18-7-5-15(6-8-18)20-23-17(13-26-20)12-19(24)22-10-9-14-3-2-4-16(21)11-14/h2-8,11,13H,9-10,12H2,1H3,(H,22,24). The first-order chi connectivity index (χ1) is 12.6. The van der Waals surface area contributed by atoms with Crippen molar-refractivity contribution in [1.82, 2.24) is 10.3 Å². The molecule has 134 valence electrons. The predicted molar refractivity (Wildman–Crippen MR) is 101 cm³/mol. The summed E-state index contributed by atoms with van der Waals surface area (Å²) in [5.74, 6) is 0.443. The number of aromatic nitrogens is 1. The van der Waals surface area contributed by atoms with Crippen molar-refractivity contribution in [1.29, 1.82) is 0 Å². The highest BCUT2D eigenvalue weighted by Gasteiger charge is 2.09. The number of methoxy groups -OCH3 is 1. The normalized spacial score (nSPS) is 10.5. The first kappa shape index (κ1) is 18.1. The molecule has 2 aromatic carbocycles. The Balaban J connectivity index is 1.50. The Morgan fingerprint density at radius 3 is 2.77 bits per heavy atom. The smallest absolute Gasteiger partial charge is 0.226 e.